The number of hydrogen-bond acceptors (Lipinski definition) is 5. The van der Waals surface area contributed by atoms with Crippen LogP contribution in [-0.2, 0) is 16.1 Å². The van der Waals surface area contributed by atoms with Crippen molar-refractivity contribution in [3.05, 3.63) is 117 Å². The Morgan fingerprint density at radius 2 is 1.39 bits per heavy atom. The molecular formula is C24H18N2O5. The molecule has 1 atom stereocenters. The van der Waals surface area contributed by atoms with Gasteiger partial charge in [0, 0.05) is 11.1 Å². The Morgan fingerprint density at radius 1 is 0.806 bits per heavy atom. The average Bonchev–Trinajstić information content (AvgIpc) is 2.81. The van der Waals surface area contributed by atoms with Crippen LogP contribution >= 0.6 is 0 Å². The molecule has 1 heterocycles. The van der Waals surface area contributed by atoms with Crippen LogP contribution in [0.5, 0.6) is 0 Å². The fourth-order valence-corrected chi connectivity index (χ4v) is 3.31. The summed E-state index contributed by atoms with van der Waals surface area (Å²) in [4.78, 5) is 50.6. The Bertz CT molecular complexity index is 1360. The zero-order valence-electron chi connectivity index (χ0n) is 16.4. The maximum atomic E-state index is 13.0. The van der Waals surface area contributed by atoms with Crippen LogP contribution in [0.3, 0.4) is 0 Å². The Balaban J connectivity index is 1.64. The Morgan fingerprint density at radius 3 is 2.06 bits per heavy atom. The smallest absolute Gasteiger partial charge is 0.328 e. The molecule has 3 aromatic carbocycles. The van der Waals surface area contributed by atoms with Crippen molar-refractivity contribution in [2.45, 2.75) is 12.6 Å². The van der Waals surface area contributed by atoms with Crippen molar-refractivity contribution in [1.29, 1.82) is 0 Å². The number of rotatable bonds is 6. The van der Waals surface area contributed by atoms with Crippen LogP contribution in [0.1, 0.15) is 22.0 Å². The lowest BCUT2D eigenvalue weighted by atomic mass is 10.00. The van der Waals surface area contributed by atoms with Gasteiger partial charge in [-0.1, -0.05) is 72.8 Å². The quantitative estimate of drug-likeness (QED) is 0.386. The fourth-order valence-electron chi connectivity index (χ4n) is 3.31. The number of aromatic amines is 1. The molecule has 0 radical (unpaired) electrons. The number of esters is 1. The number of hydrogen-bond donors (Lipinski definition) is 1. The van der Waals surface area contributed by atoms with Gasteiger partial charge in [-0.25, -0.2) is 4.68 Å². The molecule has 0 aliphatic rings. The van der Waals surface area contributed by atoms with E-state index in [0.29, 0.717) is 11.1 Å². The third-order valence-electron chi connectivity index (χ3n) is 4.82. The molecule has 154 valence electrons. The molecule has 4 aromatic rings. The maximum absolute atomic E-state index is 13.0. The highest BCUT2D eigenvalue weighted by Gasteiger charge is 2.26. The van der Waals surface area contributed by atoms with Crippen LogP contribution < -0.4 is 11.1 Å². The molecule has 1 unspecified atom stereocenters. The van der Waals surface area contributed by atoms with Gasteiger partial charge in [0.05, 0.1) is 10.8 Å². The van der Waals surface area contributed by atoms with Crippen LogP contribution in [0.25, 0.3) is 10.8 Å². The molecule has 0 aliphatic heterocycles. The highest BCUT2D eigenvalue weighted by Crippen LogP contribution is 2.23. The Kier molecular flexibility index (Phi) is 5.57. The lowest BCUT2D eigenvalue weighted by Crippen LogP contribution is -2.33. The van der Waals surface area contributed by atoms with Crippen molar-refractivity contribution in [2.24, 2.45) is 0 Å². The monoisotopic (exact) mass is 414 g/mol. The van der Waals surface area contributed by atoms with Crippen molar-refractivity contribution in [1.82, 2.24) is 9.78 Å². The summed E-state index contributed by atoms with van der Waals surface area (Å²) in [5, 5.41) is 2.81. The van der Waals surface area contributed by atoms with E-state index in [9.17, 15) is 19.2 Å². The van der Waals surface area contributed by atoms with Gasteiger partial charge in [-0.2, -0.15) is 0 Å². The molecule has 31 heavy (non-hydrogen) atoms. The molecule has 7 nitrogen and oxygen atoms in total. The van der Waals surface area contributed by atoms with Gasteiger partial charge < -0.3 is 4.74 Å². The number of nitrogens with one attached hydrogen (secondary N) is 1. The minimum atomic E-state index is -1.18. The Labute approximate surface area is 176 Å². The number of Topliss-reactive ketones (excluding diaryl/α,β-unsaturated/α-hetero) is 1. The molecule has 4 rings (SSSR count). The van der Waals surface area contributed by atoms with Crippen LogP contribution in [0.2, 0.25) is 0 Å². The van der Waals surface area contributed by atoms with E-state index < -0.39 is 29.7 Å². The molecule has 0 aliphatic carbocycles. The Hall–Kier alpha value is -4.26. The van der Waals surface area contributed by atoms with E-state index in [-0.39, 0.29) is 16.6 Å². The average molecular weight is 414 g/mol. The van der Waals surface area contributed by atoms with Crippen LogP contribution in [0.4, 0.5) is 0 Å². The summed E-state index contributed by atoms with van der Waals surface area (Å²) in [6.07, 6.45) is -1.18. The predicted octanol–water partition coefficient (Wildman–Crippen LogP) is 2.86. The zero-order valence-corrected chi connectivity index (χ0v) is 16.4. The number of H-pyrrole nitrogens is 1. The van der Waals surface area contributed by atoms with Crippen molar-refractivity contribution in [3.63, 3.8) is 0 Å². The van der Waals surface area contributed by atoms with E-state index in [4.69, 9.17) is 4.74 Å². The molecule has 7 heteroatoms. The summed E-state index contributed by atoms with van der Waals surface area (Å²) in [6.45, 7) is -0.537. The van der Waals surface area contributed by atoms with Crippen LogP contribution in [0, 0.1) is 0 Å². The summed E-state index contributed by atoms with van der Waals surface area (Å²) >= 11 is 0. The molecule has 0 saturated heterocycles. The summed E-state index contributed by atoms with van der Waals surface area (Å²) < 4.78 is 6.38. The van der Waals surface area contributed by atoms with E-state index in [1.165, 1.54) is 12.1 Å². The molecule has 1 aromatic heterocycles. The van der Waals surface area contributed by atoms with E-state index >= 15 is 0 Å². The van der Waals surface area contributed by atoms with E-state index in [1.54, 1.807) is 72.8 Å². The van der Waals surface area contributed by atoms with Crippen molar-refractivity contribution in [3.8, 4) is 0 Å². The topological polar surface area (TPSA) is 98.2 Å². The van der Waals surface area contributed by atoms with Gasteiger partial charge in [0.2, 0.25) is 5.78 Å². The van der Waals surface area contributed by atoms with Gasteiger partial charge in [0.1, 0.15) is 6.54 Å². The van der Waals surface area contributed by atoms with Crippen molar-refractivity contribution in [2.75, 3.05) is 0 Å². The number of nitrogens with zero attached hydrogens (tertiary/aromatic N) is 1. The first-order valence-corrected chi connectivity index (χ1v) is 9.60. The zero-order chi connectivity index (χ0) is 21.8. The minimum absolute atomic E-state index is 0.194. The summed E-state index contributed by atoms with van der Waals surface area (Å²) in [5.74, 6) is -1.22. The lowest BCUT2D eigenvalue weighted by Gasteiger charge is -2.18. The lowest BCUT2D eigenvalue weighted by molar-refractivity contribution is -0.148. The molecule has 0 amide bonds. The van der Waals surface area contributed by atoms with Gasteiger partial charge in [-0.3, -0.25) is 24.3 Å². The number of carbonyl (C=O) groups is 2. The first-order valence-electron chi connectivity index (χ1n) is 9.60. The van der Waals surface area contributed by atoms with Gasteiger partial charge in [-0.05, 0) is 12.1 Å². The van der Waals surface area contributed by atoms with E-state index in [0.717, 1.165) is 4.68 Å². The highest BCUT2D eigenvalue weighted by atomic mass is 16.5. The molecule has 0 bridgehead atoms. The SMILES string of the molecule is O=C(Cn1[nH]c(=O)c2ccccc2c1=O)OC(C(=O)c1ccccc1)c1ccccc1. The fraction of sp³-hybridized carbons (Fsp3) is 0.0833. The normalized spacial score (nSPS) is 11.7. The van der Waals surface area contributed by atoms with Gasteiger partial charge in [-0.15, -0.1) is 0 Å². The van der Waals surface area contributed by atoms with Crippen molar-refractivity contribution >= 4 is 22.5 Å². The second kappa shape index (κ2) is 8.62. The van der Waals surface area contributed by atoms with Gasteiger partial charge in [0.15, 0.2) is 6.10 Å². The number of benzene rings is 3. The minimum Gasteiger partial charge on any atom is -0.448 e. The second-order valence-electron chi connectivity index (χ2n) is 6.89. The van der Waals surface area contributed by atoms with Crippen molar-refractivity contribution < 1.29 is 14.3 Å². The van der Waals surface area contributed by atoms with Crippen LogP contribution in [0.15, 0.2) is 94.5 Å². The maximum Gasteiger partial charge on any atom is 0.328 e. The summed E-state index contributed by atoms with van der Waals surface area (Å²) in [5.41, 5.74) is -0.134. The molecular weight excluding hydrogens is 396 g/mol. The predicted molar refractivity (Wildman–Crippen MR) is 115 cm³/mol. The molecule has 0 fully saturated rings. The number of aromatic nitrogens is 2. The first kappa shape index (κ1) is 20.0. The summed E-state index contributed by atoms with van der Waals surface area (Å²) in [7, 11) is 0. The number of carbonyl (C=O) groups excluding carboxylic acids is 2. The van der Waals surface area contributed by atoms with Gasteiger partial charge in [0.25, 0.3) is 11.1 Å². The second-order valence-corrected chi connectivity index (χ2v) is 6.89. The molecule has 0 saturated carbocycles. The van der Waals surface area contributed by atoms with E-state index in [1.807, 2.05) is 0 Å². The molecule has 0 spiro atoms. The molecule has 1 N–H and O–H groups in total. The summed E-state index contributed by atoms with van der Waals surface area (Å²) in [6, 6.07) is 23.4. The number of ether oxygens (including phenoxy) is 1. The van der Waals surface area contributed by atoms with Gasteiger partial charge >= 0.3 is 5.97 Å². The number of ketones is 1. The third-order valence-corrected chi connectivity index (χ3v) is 4.82. The third kappa shape index (κ3) is 4.20. The van der Waals surface area contributed by atoms with E-state index in [2.05, 4.69) is 5.10 Å². The standard InChI is InChI=1S/C24H18N2O5/c27-20(15-26-24(30)19-14-8-7-13-18(19)23(29)25-26)31-22(17-11-5-2-6-12-17)21(28)16-9-3-1-4-10-16/h1-14,22H,15H2,(H,25,29). The number of fused-ring (bicyclic) bond motifs is 1. The largest absolute Gasteiger partial charge is 0.448 e. The highest BCUT2D eigenvalue weighted by molar-refractivity contribution is 6.01. The first-order chi connectivity index (χ1) is 15.0. The van der Waals surface area contributed by atoms with Crippen LogP contribution in [-0.4, -0.2) is 21.5 Å².